The molecular weight excluding hydrogens is 174 g/mol. The van der Waals surface area contributed by atoms with Crippen LogP contribution in [0.2, 0.25) is 0 Å². The number of Topliss-reactive ketones (excluding diaryl/α,β-unsaturated/α-hetero) is 1. The lowest BCUT2D eigenvalue weighted by Crippen LogP contribution is -2.32. The summed E-state index contributed by atoms with van der Waals surface area (Å²) < 4.78 is 0. The number of carbonyl (C=O) groups excluding carboxylic acids is 1. The van der Waals surface area contributed by atoms with Gasteiger partial charge in [0.25, 0.3) is 0 Å². The number of hydrogen-bond donors (Lipinski definition) is 1. The van der Waals surface area contributed by atoms with Crippen molar-refractivity contribution in [2.24, 2.45) is 5.92 Å². The molecule has 14 heavy (non-hydrogen) atoms. The first-order valence-electron chi connectivity index (χ1n) is 5.69. The molecule has 2 aliphatic rings. The summed E-state index contributed by atoms with van der Waals surface area (Å²) in [6.45, 7) is 3.97. The highest BCUT2D eigenvalue weighted by atomic mass is 16.1. The van der Waals surface area contributed by atoms with Gasteiger partial charge in [0.15, 0.2) is 5.78 Å². The Hall–Kier alpha value is -0.630. The lowest BCUT2D eigenvalue weighted by Gasteiger charge is -2.15. The molecule has 2 bridgehead atoms. The second kappa shape index (κ2) is 3.85. The minimum absolute atomic E-state index is 0.139. The Bertz CT molecular complexity index is 267. The third-order valence-electron chi connectivity index (χ3n) is 3.30. The number of ketones is 1. The first-order chi connectivity index (χ1) is 6.68. The molecule has 1 fully saturated rings. The lowest BCUT2D eigenvalue weighted by atomic mass is 9.92. The van der Waals surface area contributed by atoms with Crippen LogP contribution in [0.25, 0.3) is 0 Å². The fourth-order valence-corrected chi connectivity index (χ4v) is 2.48. The number of hydrogen-bond acceptors (Lipinski definition) is 2. The van der Waals surface area contributed by atoms with E-state index in [4.69, 9.17) is 0 Å². The fraction of sp³-hybridized carbons (Fsp3) is 0.750. The van der Waals surface area contributed by atoms with Gasteiger partial charge in [-0.3, -0.25) is 4.79 Å². The number of rotatable bonds is 2. The maximum absolute atomic E-state index is 11.9. The van der Waals surface area contributed by atoms with Crippen LogP contribution in [0.5, 0.6) is 0 Å². The van der Waals surface area contributed by atoms with Crippen molar-refractivity contribution in [1.82, 2.24) is 5.32 Å². The van der Waals surface area contributed by atoms with E-state index in [1.165, 1.54) is 12.8 Å². The molecule has 1 N–H and O–H groups in total. The van der Waals surface area contributed by atoms with Crippen LogP contribution in [0.4, 0.5) is 0 Å². The van der Waals surface area contributed by atoms with E-state index in [-0.39, 0.29) is 5.92 Å². The van der Waals surface area contributed by atoms with E-state index in [2.05, 4.69) is 11.4 Å². The zero-order valence-electron chi connectivity index (χ0n) is 9.05. The van der Waals surface area contributed by atoms with E-state index in [0.717, 1.165) is 18.4 Å². The lowest BCUT2D eigenvalue weighted by molar-refractivity contribution is -0.118. The van der Waals surface area contributed by atoms with Crippen molar-refractivity contribution in [2.45, 2.75) is 51.6 Å². The van der Waals surface area contributed by atoms with Crippen LogP contribution in [-0.4, -0.2) is 17.9 Å². The first-order valence-corrected chi connectivity index (χ1v) is 5.69. The largest absolute Gasteiger partial charge is 0.307 e. The summed E-state index contributed by atoms with van der Waals surface area (Å²) in [4.78, 5) is 11.9. The van der Waals surface area contributed by atoms with Crippen molar-refractivity contribution in [3.63, 3.8) is 0 Å². The average molecular weight is 193 g/mol. The van der Waals surface area contributed by atoms with Crippen molar-refractivity contribution >= 4 is 5.78 Å². The molecule has 0 aliphatic carbocycles. The van der Waals surface area contributed by atoms with E-state index in [0.29, 0.717) is 17.9 Å². The van der Waals surface area contributed by atoms with Gasteiger partial charge in [-0.15, -0.1) is 0 Å². The smallest absolute Gasteiger partial charge is 0.162 e. The van der Waals surface area contributed by atoms with Gasteiger partial charge in [-0.1, -0.05) is 19.9 Å². The molecule has 0 aromatic rings. The van der Waals surface area contributed by atoms with Gasteiger partial charge in [-0.05, 0) is 25.7 Å². The van der Waals surface area contributed by atoms with Crippen LogP contribution >= 0.6 is 0 Å². The molecule has 2 heteroatoms. The van der Waals surface area contributed by atoms with Crippen molar-refractivity contribution in [3.8, 4) is 0 Å². The number of carbonyl (C=O) groups is 1. The predicted octanol–water partition coefficient (Wildman–Crippen LogP) is 2.05. The van der Waals surface area contributed by atoms with Crippen molar-refractivity contribution in [1.29, 1.82) is 0 Å². The van der Waals surface area contributed by atoms with E-state index >= 15 is 0 Å². The monoisotopic (exact) mass is 193 g/mol. The second-order valence-electron chi connectivity index (χ2n) is 4.75. The average Bonchev–Trinajstić information content (AvgIpc) is 2.46. The zero-order chi connectivity index (χ0) is 10.1. The molecule has 78 valence electrons. The summed E-state index contributed by atoms with van der Waals surface area (Å²) in [5.74, 6) is 0.477. The van der Waals surface area contributed by atoms with E-state index in [1.807, 2.05) is 13.8 Å². The van der Waals surface area contributed by atoms with Gasteiger partial charge in [-0.2, -0.15) is 0 Å². The molecular formula is C12H19NO. The van der Waals surface area contributed by atoms with Crippen LogP contribution in [0.15, 0.2) is 11.6 Å². The number of fused-ring (bicyclic) bond motifs is 2. The maximum Gasteiger partial charge on any atom is 0.162 e. The quantitative estimate of drug-likeness (QED) is 0.727. The zero-order valence-corrected chi connectivity index (χ0v) is 9.05. The van der Waals surface area contributed by atoms with Gasteiger partial charge < -0.3 is 5.32 Å². The number of nitrogens with one attached hydrogen (secondary N) is 1. The molecule has 2 heterocycles. The summed E-state index contributed by atoms with van der Waals surface area (Å²) >= 11 is 0. The maximum atomic E-state index is 11.9. The molecule has 0 aromatic heterocycles. The number of allylic oxidation sites excluding steroid dienone is 1. The highest BCUT2D eigenvalue weighted by molar-refractivity contribution is 5.97. The van der Waals surface area contributed by atoms with Gasteiger partial charge in [0, 0.05) is 23.6 Å². The summed E-state index contributed by atoms with van der Waals surface area (Å²) in [6.07, 6.45) is 6.83. The summed E-state index contributed by atoms with van der Waals surface area (Å²) in [6, 6.07) is 1.02. The second-order valence-corrected chi connectivity index (χ2v) is 4.75. The van der Waals surface area contributed by atoms with Gasteiger partial charge in [-0.25, -0.2) is 0 Å². The van der Waals surface area contributed by atoms with E-state index in [9.17, 15) is 4.79 Å². The molecule has 0 unspecified atom stereocenters. The van der Waals surface area contributed by atoms with Crippen molar-refractivity contribution in [2.75, 3.05) is 0 Å². The van der Waals surface area contributed by atoms with E-state index < -0.39 is 0 Å². The fourth-order valence-electron chi connectivity index (χ4n) is 2.48. The normalized spacial score (nSPS) is 31.5. The van der Waals surface area contributed by atoms with Gasteiger partial charge in [0.1, 0.15) is 0 Å². The minimum atomic E-state index is 0.139. The van der Waals surface area contributed by atoms with Crippen LogP contribution in [-0.2, 0) is 4.79 Å². The molecule has 0 amide bonds. The van der Waals surface area contributed by atoms with Crippen LogP contribution in [0.3, 0.4) is 0 Å². The molecule has 0 radical (unpaired) electrons. The van der Waals surface area contributed by atoms with Gasteiger partial charge in [0.05, 0.1) is 0 Å². The molecule has 2 aliphatic heterocycles. The Morgan fingerprint density at radius 2 is 2.21 bits per heavy atom. The predicted molar refractivity (Wildman–Crippen MR) is 57.1 cm³/mol. The third-order valence-corrected chi connectivity index (χ3v) is 3.30. The topological polar surface area (TPSA) is 29.1 Å². The van der Waals surface area contributed by atoms with Crippen molar-refractivity contribution in [3.05, 3.63) is 11.6 Å². The summed E-state index contributed by atoms with van der Waals surface area (Å²) in [7, 11) is 0. The minimum Gasteiger partial charge on any atom is -0.307 e. The van der Waals surface area contributed by atoms with Crippen LogP contribution < -0.4 is 5.32 Å². The van der Waals surface area contributed by atoms with Crippen LogP contribution in [0, 0.1) is 5.92 Å². The summed E-state index contributed by atoms with van der Waals surface area (Å²) in [5.41, 5.74) is 1.06. The Labute approximate surface area is 85.8 Å². The molecule has 2 nitrogen and oxygen atoms in total. The Morgan fingerprint density at radius 3 is 2.93 bits per heavy atom. The highest BCUT2D eigenvalue weighted by Crippen LogP contribution is 2.27. The first kappa shape index (κ1) is 9.91. The molecule has 0 aromatic carbocycles. The Balaban J connectivity index is 2.16. The van der Waals surface area contributed by atoms with Gasteiger partial charge in [0.2, 0.25) is 0 Å². The molecule has 0 spiro atoms. The van der Waals surface area contributed by atoms with Gasteiger partial charge >= 0.3 is 0 Å². The van der Waals surface area contributed by atoms with Crippen molar-refractivity contribution < 1.29 is 4.79 Å². The SMILES string of the molecule is CC(C)C(=O)C1=CCC[C@@H]2CC[C@H]1N2. The molecule has 2 atom stereocenters. The standard InChI is InChI=1S/C12H19NO/c1-8(2)12(14)10-5-3-4-9-6-7-11(10)13-9/h5,8-9,11,13H,3-4,6-7H2,1-2H3/t9-,11-/m1/s1. The third kappa shape index (κ3) is 1.76. The summed E-state index contributed by atoms with van der Waals surface area (Å²) in [5, 5.41) is 3.55. The van der Waals surface area contributed by atoms with Crippen LogP contribution in [0.1, 0.15) is 39.5 Å². The molecule has 1 saturated heterocycles. The Kier molecular flexibility index (Phi) is 2.73. The molecule has 2 rings (SSSR count). The highest BCUT2D eigenvalue weighted by Gasteiger charge is 2.31. The Morgan fingerprint density at radius 1 is 1.43 bits per heavy atom. The van der Waals surface area contributed by atoms with E-state index in [1.54, 1.807) is 0 Å². The molecule has 0 saturated carbocycles.